The van der Waals surface area contributed by atoms with Crippen LogP contribution in [0.25, 0.3) is 31.8 Å². The SMILES string of the molecule is COc1cnc2c(-c3nc4c(C)cc5c(c4s3)OCC(COC(=O)Nc3cnc4c(c3)CN(C(=O)O)CC4)O5)cc(C)cc2n1. The number of ether oxygens (including phenoxy) is 4. The van der Waals surface area contributed by atoms with Crippen LogP contribution in [-0.2, 0) is 17.7 Å². The molecule has 0 saturated carbocycles. The van der Waals surface area contributed by atoms with Gasteiger partial charge in [-0.05, 0) is 54.8 Å². The maximum absolute atomic E-state index is 12.6. The van der Waals surface area contributed by atoms with Gasteiger partial charge in [0.1, 0.15) is 22.9 Å². The molecule has 230 valence electrons. The van der Waals surface area contributed by atoms with Gasteiger partial charge in [-0.25, -0.2) is 24.5 Å². The van der Waals surface area contributed by atoms with Gasteiger partial charge in [0, 0.05) is 24.2 Å². The first-order valence-corrected chi connectivity index (χ1v) is 15.0. The van der Waals surface area contributed by atoms with E-state index < -0.39 is 18.3 Å². The molecule has 14 heteroatoms. The molecular formula is C31H28N6O7S. The zero-order valence-corrected chi connectivity index (χ0v) is 25.4. The molecule has 7 rings (SSSR count). The summed E-state index contributed by atoms with van der Waals surface area (Å²) in [5.41, 5.74) is 7.06. The first-order valence-electron chi connectivity index (χ1n) is 14.2. The zero-order valence-electron chi connectivity index (χ0n) is 24.6. The van der Waals surface area contributed by atoms with E-state index in [2.05, 4.69) is 20.3 Å². The van der Waals surface area contributed by atoms with E-state index in [0.29, 0.717) is 36.0 Å². The number of pyridine rings is 1. The Hall–Kier alpha value is -5.24. The van der Waals surface area contributed by atoms with Crippen LogP contribution in [0.2, 0.25) is 0 Å². The lowest BCUT2D eigenvalue weighted by molar-refractivity contribution is 0.0383. The number of carbonyl (C=O) groups is 2. The molecule has 13 nitrogen and oxygen atoms in total. The van der Waals surface area contributed by atoms with Crippen LogP contribution in [0.15, 0.2) is 36.7 Å². The third kappa shape index (κ3) is 5.48. The van der Waals surface area contributed by atoms with E-state index in [1.807, 2.05) is 32.0 Å². The monoisotopic (exact) mass is 628 g/mol. The summed E-state index contributed by atoms with van der Waals surface area (Å²) in [4.78, 5) is 43.7. The van der Waals surface area contributed by atoms with Gasteiger partial charge in [0.2, 0.25) is 5.88 Å². The predicted octanol–water partition coefficient (Wildman–Crippen LogP) is 5.35. The van der Waals surface area contributed by atoms with Crippen molar-refractivity contribution in [2.24, 2.45) is 0 Å². The number of benzene rings is 2. The molecule has 3 aromatic heterocycles. The smallest absolute Gasteiger partial charge is 0.411 e. The Bertz CT molecular complexity index is 2000. The largest absolute Gasteiger partial charge is 0.484 e. The van der Waals surface area contributed by atoms with E-state index in [1.54, 1.807) is 19.4 Å². The maximum atomic E-state index is 12.6. The first-order chi connectivity index (χ1) is 21.7. The summed E-state index contributed by atoms with van der Waals surface area (Å²) in [5.74, 6) is 1.59. The number of nitrogens with one attached hydrogen (secondary N) is 1. The van der Waals surface area contributed by atoms with E-state index in [9.17, 15) is 14.7 Å². The normalized spacial score (nSPS) is 15.5. The molecular weight excluding hydrogens is 600 g/mol. The quantitative estimate of drug-likeness (QED) is 0.258. The molecule has 0 radical (unpaired) electrons. The van der Waals surface area contributed by atoms with Crippen LogP contribution in [0.1, 0.15) is 22.4 Å². The molecule has 2 N–H and O–H groups in total. The van der Waals surface area contributed by atoms with Crippen molar-refractivity contribution in [2.45, 2.75) is 32.9 Å². The molecule has 45 heavy (non-hydrogen) atoms. The van der Waals surface area contributed by atoms with Crippen molar-refractivity contribution < 1.29 is 33.6 Å². The molecule has 0 saturated heterocycles. The van der Waals surface area contributed by atoms with Crippen LogP contribution in [0.4, 0.5) is 15.3 Å². The fraction of sp³-hybridized carbons (Fsp3) is 0.290. The van der Waals surface area contributed by atoms with E-state index in [0.717, 1.165) is 54.2 Å². The third-order valence-corrected chi connectivity index (χ3v) is 8.74. The number of hydrogen-bond acceptors (Lipinski definition) is 11. The third-order valence-electron chi connectivity index (χ3n) is 7.65. The van der Waals surface area contributed by atoms with Crippen LogP contribution < -0.4 is 19.5 Å². The Morgan fingerprint density at radius 3 is 2.82 bits per heavy atom. The number of anilines is 1. The summed E-state index contributed by atoms with van der Waals surface area (Å²) < 4.78 is 23.9. The van der Waals surface area contributed by atoms with Crippen LogP contribution in [0.5, 0.6) is 17.4 Å². The minimum Gasteiger partial charge on any atom is -0.484 e. The molecule has 0 fully saturated rings. The zero-order chi connectivity index (χ0) is 31.2. The van der Waals surface area contributed by atoms with Crippen LogP contribution in [-0.4, -0.2) is 75.1 Å². The Kier molecular flexibility index (Phi) is 7.20. The highest BCUT2D eigenvalue weighted by Gasteiger charge is 2.28. The Morgan fingerprint density at radius 1 is 1.13 bits per heavy atom. The molecule has 0 bridgehead atoms. The molecule has 1 unspecified atom stereocenters. The van der Waals surface area contributed by atoms with Gasteiger partial charge in [0.15, 0.2) is 17.6 Å². The van der Waals surface area contributed by atoms with Crippen molar-refractivity contribution in [1.29, 1.82) is 0 Å². The average Bonchev–Trinajstić information content (AvgIpc) is 3.49. The molecule has 5 aromatic rings. The molecule has 2 aliphatic rings. The molecule has 2 amide bonds. The number of rotatable bonds is 5. The lowest BCUT2D eigenvalue weighted by Crippen LogP contribution is -2.35. The number of aromatic nitrogens is 4. The van der Waals surface area contributed by atoms with Gasteiger partial charge < -0.3 is 29.0 Å². The van der Waals surface area contributed by atoms with Crippen LogP contribution in [0.3, 0.4) is 0 Å². The highest BCUT2D eigenvalue weighted by Crippen LogP contribution is 2.46. The summed E-state index contributed by atoms with van der Waals surface area (Å²) in [6.07, 6.45) is 1.46. The van der Waals surface area contributed by atoms with E-state index in [-0.39, 0.29) is 19.8 Å². The van der Waals surface area contributed by atoms with E-state index >= 15 is 0 Å². The van der Waals surface area contributed by atoms with E-state index in [4.69, 9.17) is 23.9 Å². The minimum absolute atomic E-state index is 0.0428. The lowest BCUT2D eigenvalue weighted by atomic mass is 10.1. The Labute approximate surface area is 260 Å². The van der Waals surface area contributed by atoms with Gasteiger partial charge in [0.25, 0.3) is 0 Å². The average molecular weight is 629 g/mol. The Balaban J connectivity index is 1.06. The van der Waals surface area contributed by atoms with Gasteiger partial charge in [0.05, 0.1) is 48.3 Å². The van der Waals surface area contributed by atoms with Gasteiger partial charge in [-0.1, -0.05) is 0 Å². The number of hydrogen-bond donors (Lipinski definition) is 2. The highest BCUT2D eigenvalue weighted by atomic mass is 32.1. The first kappa shape index (κ1) is 28.5. The topological polar surface area (TPSA) is 158 Å². The molecule has 1 atom stereocenters. The molecule has 2 aromatic carbocycles. The number of aryl methyl sites for hydroxylation is 2. The number of nitrogens with zero attached hydrogens (tertiary/aromatic N) is 5. The summed E-state index contributed by atoms with van der Waals surface area (Å²) in [5, 5.41) is 12.7. The molecule has 2 aliphatic heterocycles. The molecule has 0 spiro atoms. The van der Waals surface area contributed by atoms with Gasteiger partial charge in [-0.15, -0.1) is 11.3 Å². The summed E-state index contributed by atoms with van der Waals surface area (Å²) in [6.45, 7) is 4.70. The summed E-state index contributed by atoms with van der Waals surface area (Å²) in [7, 11) is 1.56. The Morgan fingerprint density at radius 2 is 2.00 bits per heavy atom. The number of thiazole rings is 1. The summed E-state index contributed by atoms with van der Waals surface area (Å²) >= 11 is 1.49. The highest BCUT2D eigenvalue weighted by molar-refractivity contribution is 7.22. The van der Waals surface area contributed by atoms with Crippen molar-refractivity contribution in [1.82, 2.24) is 24.8 Å². The second-order valence-electron chi connectivity index (χ2n) is 10.9. The van der Waals surface area contributed by atoms with Gasteiger partial charge in [-0.3, -0.25) is 10.3 Å². The molecule has 5 heterocycles. The van der Waals surface area contributed by atoms with Gasteiger partial charge >= 0.3 is 12.2 Å². The summed E-state index contributed by atoms with van der Waals surface area (Å²) in [6, 6.07) is 7.61. The van der Waals surface area contributed by atoms with Crippen LogP contribution >= 0.6 is 11.3 Å². The van der Waals surface area contributed by atoms with Crippen molar-refractivity contribution in [3.8, 4) is 28.0 Å². The van der Waals surface area contributed by atoms with Crippen molar-refractivity contribution >= 4 is 50.5 Å². The van der Waals surface area contributed by atoms with E-state index in [1.165, 1.54) is 22.4 Å². The predicted molar refractivity (Wildman–Crippen MR) is 165 cm³/mol. The number of carbonyl (C=O) groups excluding carboxylic acids is 1. The second-order valence-corrected chi connectivity index (χ2v) is 11.9. The van der Waals surface area contributed by atoms with Gasteiger partial charge in [-0.2, -0.15) is 0 Å². The number of carboxylic acid groups (broad SMARTS) is 1. The fourth-order valence-electron chi connectivity index (χ4n) is 5.48. The maximum Gasteiger partial charge on any atom is 0.411 e. The lowest BCUT2D eigenvalue weighted by Gasteiger charge is -2.27. The number of methoxy groups -OCH3 is 1. The van der Waals surface area contributed by atoms with Crippen LogP contribution in [0, 0.1) is 13.8 Å². The number of amides is 2. The second kappa shape index (κ2) is 11.4. The van der Waals surface area contributed by atoms with Crippen molar-refractivity contribution in [3.05, 3.63) is 59.0 Å². The fourth-order valence-corrected chi connectivity index (χ4v) is 6.64. The van der Waals surface area contributed by atoms with Crippen molar-refractivity contribution in [2.75, 3.05) is 32.2 Å². The number of fused-ring (bicyclic) bond motifs is 5. The molecule has 0 aliphatic carbocycles. The van der Waals surface area contributed by atoms with Crippen molar-refractivity contribution in [3.63, 3.8) is 0 Å². The minimum atomic E-state index is -0.988. The standard InChI is InChI=1S/C31H28N6O7S/c1-15-6-20(26-22(7-15)35-24(41-3)11-33-26)29-36-25-16(2)8-23-27(28(25)45-29)42-13-19(44-23)14-43-30(38)34-18-9-17-12-37(31(39)40)5-4-21(17)32-10-18/h6-11,19H,4-5,12-14H2,1-3H3,(H,34,38)(H,39,40).